The van der Waals surface area contributed by atoms with E-state index in [1.165, 1.54) is 18.4 Å². The lowest BCUT2D eigenvalue weighted by atomic mass is 10.2. The van der Waals surface area contributed by atoms with Crippen molar-refractivity contribution in [3.63, 3.8) is 0 Å². The molecule has 1 fully saturated rings. The van der Waals surface area contributed by atoms with Crippen LogP contribution < -0.4 is 15.5 Å². The Labute approximate surface area is 200 Å². The first-order valence-electron chi connectivity index (χ1n) is 11.0. The number of alkyl carbamates (subject to hydrolysis) is 1. The zero-order valence-electron chi connectivity index (χ0n) is 20.5. The first kappa shape index (κ1) is 27.1. The topological polar surface area (TPSA) is 119 Å². The zero-order chi connectivity index (χ0) is 24.8. The molecule has 0 aliphatic carbocycles. The maximum Gasteiger partial charge on any atom is 0.407 e. The number of carbonyl (C=O) groups is 3. The van der Waals surface area contributed by atoms with Crippen LogP contribution in [0.3, 0.4) is 0 Å². The van der Waals surface area contributed by atoms with Gasteiger partial charge >= 0.3 is 12.1 Å². The van der Waals surface area contributed by atoms with Crippen molar-refractivity contribution in [2.45, 2.75) is 64.3 Å². The number of ether oxygens (including phenoxy) is 2. The Kier molecular flexibility index (Phi) is 9.26. The molecule has 1 aliphatic rings. The molecule has 12 heteroatoms. The van der Waals surface area contributed by atoms with Crippen LogP contribution >= 0.6 is 11.3 Å². The second-order valence-corrected chi connectivity index (χ2v) is 15.1. The maximum absolute atomic E-state index is 12.8. The molecule has 0 bridgehead atoms. The Hall–Kier alpha value is -2.18. The van der Waals surface area contributed by atoms with Crippen LogP contribution in [0.15, 0.2) is 5.38 Å². The lowest BCUT2D eigenvalue weighted by Gasteiger charge is -2.37. The van der Waals surface area contributed by atoms with Crippen molar-refractivity contribution in [2.75, 3.05) is 38.3 Å². The van der Waals surface area contributed by atoms with Crippen molar-refractivity contribution >= 4 is 42.8 Å². The van der Waals surface area contributed by atoms with E-state index in [2.05, 4.69) is 49.5 Å². The van der Waals surface area contributed by atoms with E-state index >= 15 is 0 Å². The van der Waals surface area contributed by atoms with E-state index in [-0.39, 0.29) is 23.4 Å². The number of hydrogen-bond donors (Lipinski definition) is 2. The molecule has 0 aromatic carbocycles. The molecule has 186 valence electrons. The van der Waals surface area contributed by atoms with Crippen LogP contribution in [0.5, 0.6) is 0 Å². The summed E-state index contributed by atoms with van der Waals surface area (Å²) < 4.78 is 15.9. The third-order valence-electron chi connectivity index (χ3n) is 5.99. The number of amides is 2. The molecule has 1 aromatic rings. The minimum absolute atomic E-state index is 0.0305. The van der Waals surface area contributed by atoms with Crippen LogP contribution in [0.1, 0.15) is 44.6 Å². The van der Waals surface area contributed by atoms with Crippen molar-refractivity contribution in [1.82, 2.24) is 15.6 Å². The maximum atomic E-state index is 12.8. The van der Waals surface area contributed by atoms with Crippen LogP contribution in [0.4, 0.5) is 9.93 Å². The average molecular weight is 501 g/mol. The fourth-order valence-corrected chi connectivity index (χ4v) is 4.82. The van der Waals surface area contributed by atoms with Gasteiger partial charge in [-0.25, -0.2) is 14.6 Å². The zero-order valence-corrected chi connectivity index (χ0v) is 22.3. The molecule has 2 amide bonds. The summed E-state index contributed by atoms with van der Waals surface area (Å²) in [5.41, 5.74) is 0.220. The second-order valence-electron chi connectivity index (χ2n) is 9.43. The fraction of sp³-hybridized carbons (Fsp3) is 0.714. The van der Waals surface area contributed by atoms with E-state index < -0.39 is 32.3 Å². The third kappa shape index (κ3) is 7.41. The van der Waals surface area contributed by atoms with Crippen LogP contribution in [-0.2, 0) is 18.7 Å². The number of carbonyl (C=O) groups excluding carboxylic acids is 3. The van der Waals surface area contributed by atoms with Gasteiger partial charge in [0.15, 0.2) is 13.4 Å². The molecule has 0 spiro atoms. The summed E-state index contributed by atoms with van der Waals surface area (Å²) in [7, 11) is -0.832. The SMILES string of the molecule is CCOC(=O)N[C@@H]1CCN(c2nc(C(=O)N[C@@H](CO[Si](C)(C)C(C)(C)C)C(=O)OC)cs2)C1. The van der Waals surface area contributed by atoms with E-state index in [0.717, 1.165) is 6.42 Å². The van der Waals surface area contributed by atoms with Gasteiger partial charge < -0.3 is 29.4 Å². The van der Waals surface area contributed by atoms with Gasteiger partial charge in [-0.1, -0.05) is 20.8 Å². The fourth-order valence-electron chi connectivity index (χ4n) is 2.96. The van der Waals surface area contributed by atoms with Gasteiger partial charge in [0.05, 0.1) is 26.4 Å². The molecular weight excluding hydrogens is 464 g/mol. The van der Waals surface area contributed by atoms with Crippen molar-refractivity contribution in [2.24, 2.45) is 0 Å². The molecule has 2 heterocycles. The molecule has 2 atom stereocenters. The van der Waals surface area contributed by atoms with Gasteiger partial charge in [0, 0.05) is 18.5 Å². The molecule has 1 aromatic heterocycles. The standard InChI is InChI=1S/C21H36N4O6SSi/c1-8-30-20(28)22-14-9-10-25(11-14)19-24-16(13-32-19)17(26)23-15(18(27)29-5)12-31-33(6,7)21(2,3)4/h13-15H,8-12H2,1-7H3,(H,22,28)(H,23,26)/t14-,15+/m1/s1. The molecule has 2 N–H and O–H groups in total. The molecule has 1 saturated heterocycles. The van der Waals surface area contributed by atoms with E-state index in [1.807, 2.05) is 4.90 Å². The molecule has 1 aliphatic heterocycles. The number of anilines is 1. The second kappa shape index (κ2) is 11.3. The normalized spacial score (nSPS) is 17.4. The average Bonchev–Trinajstić information content (AvgIpc) is 3.39. The van der Waals surface area contributed by atoms with Gasteiger partial charge in [-0.05, 0) is 31.5 Å². The van der Waals surface area contributed by atoms with Crippen LogP contribution in [0, 0.1) is 0 Å². The number of esters is 1. The highest BCUT2D eigenvalue weighted by Gasteiger charge is 2.38. The molecule has 33 heavy (non-hydrogen) atoms. The lowest BCUT2D eigenvalue weighted by Crippen LogP contribution is -2.49. The summed E-state index contributed by atoms with van der Waals surface area (Å²) in [6, 6.07) is -0.965. The number of nitrogens with one attached hydrogen (secondary N) is 2. The summed E-state index contributed by atoms with van der Waals surface area (Å²) in [5, 5.41) is 7.82. The summed E-state index contributed by atoms with van der Waals surface area (Å²) in [6.45, 7) is 13.9. The highest BCUT2D eigenvalue weighted by molar-refractivity contribution is 7.13. The van der Waals surface area contributed by atoms with Crippen LogP contribution in [0.2, 0.25) is 18.1 Å². The highest BCUT2D eigenvalue weighted by Crippen LogP contribution is 2.36. The quantitative estimate of drug-likeness (QED) is 0.392. The molecule has 2 rings (SSSR count). The largest absolute Gasteiger partial charge is 0.467 e. The van der Waals surface area contributed by atoms with Gasteiger partial charge in [-0.15, -0.1) is 11.3 Å². The van der Waals surface area contributed by atoms with E-state index in [9.17, 15) is 14.4 Å². The summed E-state index contributed by atoms with van der Waals surface area (Å²) >= 11 is 1.34. The van der Waals surface area contributed by atoms with Crippen LogP contribution in [-0.4, -0.2) is 76.8 Å². The smallest absolute Gasteiger partial charge is 0.407 e. The minimum atomic E-state index is -2.11. The number of hydrogen-bond acceptors (Lipinski definition) is 9. The molecule has 10 nitrogen and oxygen atoms in total. The number of aromatic nitrogens is 1. The van der Waals surface area contributed by atoms with Gasteiger partial charge in [0.1, 0.15) is 11.7 Å². The molecular formula is C21H36N4O6SSi. The number of thiazole rings is 1. The molecule has 0 radical (unpaired) electrons. The van der Waals surface area contributed by atoms with E-state index in [1.54, 1.807) is 12.3 Å². The Morgan fingerprint density at radius 1 is 1.33 bits per heavy atom. The minimum Gasteiger partial charge on any atom is -0.467 e. The van der Waals surface area contributed by atoms with Gasteiger partial charge in [-0.2, -0.15) is 0 Å². The van der Waals surface area contributed by atoms with Crippen molar-refractivity contribution in [1.29, 1.82) is 0 Å². The summed E-state index contributed by atoms with van der Waals surface area (Å²) in [6.07, 6.45) is 0.326. The first-order chi connectivity index (χ1) is 15.4. The Bertz CT molecular complexity index is 841. The number of nitrogens with zero attached hydrogens (tertiary/aromatic N) is 2. The predicted molar refractivity (Wildman–Crippen MR) is 129 cm³/mol. The molecule has 0 saturated carbocycles. The third-order valence-corrected chi connectivity index (χ3v) is 11.4. The van der Waals surface area contributed by atoms with Gasteiger partial charge in [-0.3, -0.25) is 4.79 Å². The Morgan fingerprint density at radius 2 is 2.03 bits per heavy atom. The van der Waals surface area contributed by atoms with Crippen molar-refractivity contribution in [3.8, 4) is 0 Å². The summed E-state index contributed by atoms with van der Waals surface area (Å²) in [4.78, 5) is 43.1. The highest BCUT2D eigenvalue weighted by atomic mass is 32.1. The van der Waals surface area contributed by atoms with E-state index in [4.69, 9.17) is 13.9 Å². The summed E-state index contributed by atoms with van der Waals surface area (Å²) in [5.74, 6) is -1.03. The number of methoxy groups -OCH3 is 1. The Morgan fingerprint density at radius 3 is 2.64 bits per heavy atom. The predicted octanol–water partition coefficient (Wildman–Crippen LogP) is 2.76. The molecule has 0 unspecified atom stereocenters. The monoisotopic (exact) mass is 500 g/mol. The van der Waals surface area contributed by atoms with E-state index in [0.29, 0.717) is 24.8 Å². The van der Waals surface area contributed by atoms with Gasteiger partial charge in [0.2, 0.25) is 0 Å². The van der Waals surface area contributed by atoms with Gasteiger partial charge in [0.25, 0.3) is 5.91 Å². The van der Waals surface area contributed by atoms with Crippen molar-refractivity contribution in [3.05, 3.63) is 11.1 Å². The lowest BCUT2D eigenvalue weighted by molar-refractivity contribution is -0.143. The van der Waals surface area contributed by atoms with Crippen molar-refractivity contribution < 1.29 is 28.3 Å². The first-order valence-corrected chi connectivity index (χ1v) is 14.8. The number of rotatable bonds is 9. The van der Waals surface area contributed by atoms with Crippen LogP contribution in [0.25, 0.3) is 0 Å². The Balaban J connectivity index is 1.98.